The fourth-order valence-corrected chi connectivity index (χ4v) is 3.04. The summed E-state index contributed by atoms with van der Waals surface area (Å²) < 4.78 is 13.8. The second-order valence-electron chi connectivity index (χ2n) is 5.40. The first-order valence-corrected chi connectivity index (χ1v) is 7.50. The molecular weight excluding hydrogens is 317 g/mol. The highest BCUT2D eigenvalue weighted by molar-refractivity contribution is 9.10. The fourth-order valence-electron chi connectivity index (χ4n) is 2.53. The zero-order valence-corrected chi connectivity index (χ0v) is 13.4. The van der Waals surface area contributed by atoms with Gasteiger partial charge in [-0.05, 0) is 49.9 Å². The predicted octanol–water partition coefficient (Wildman–Crippen LogP) is 4.32. The van der Waals surface area contributed by atoms with Crippen LogP contribution >= 0.6 is 15.9 Å². The molecule has 0 aliphatic carbocycles. The molecule has 20 heavy (non-hydrogen) atoms. The lowest BCUT2D eigenvalue weighted by Crippen LogP contribution is -2.25. The topological polar surface area (TPSA) is 26.0 Å². The molecule has 2 aromatic carbocycles. The van der Waals surface area contributed by atoms with Crippen LogP contribution in [0, 0.1) is 19.7 Å². The van der Waals surface area contributed by atoms with Gasteiger partial charge in [0.25, 0.3) is 0 Å². The van der Waals surface area contributed by atoms with Crippen LogP contribution in [0.4, 0.5) is 4.39 Å². The monoisotopic (exact) mass is 335 g/mol. The van der Waals surface area contributed by atoms with Gasteiger partial charge in [-0.15, -0.1) is 0 Å². The third-order valence-electron chi connectivity index (χ3n) is 3.28. The average Bonchev–Trinajstić information content (AvgIpc) is 2.31. The summed E-state index contributed by atoms with van der Waals surface area (Å²) in [6, 6.07) is 11.3. The Bertz CT molecular complexity index is 590. The molecule has 0 radical (unpaired) electrons. The third-order valence-corrected chi connectivity index (χ3v) is 4.01. The zero-order chi connectivity index (χ0) is 14.7. The molecular formula is C17H19BrFN. The summed E-state index contributed by atoms with van der Waals surface area (Å²) in [7, 11) is 0. The molecule has 1 unspecified atom stereocenters. The molecule has 0 aliphatic rings. The van der Waals surface area contributed by atoms with E-state index in [1.165, 1.54) is 28.8 Å². The molecule has 3 heteroatoms. The number of nitrogens with two attached hydrogens (primary N) is 1. The Morgan fingerprint density at radius 1 is 1.05 bits per heavy atom. The minimum Gasteiger partial charge on any atom is -0.327 e. The number of benzene rings is 2. The average molecular weight is 336 g/mol. The van der Waals surface area contributed by atoms with Crippen LogP contribution in [-0.4, -0.2) is 6.04 Å². The van der Waals surface area contributed by atoms with E-state index in [9.17, 15) is 4.39 Å². The SMILES string of the molecule is Cc1cc(C)cc(CC(N)Cc2ccc(F)cc2Br)c1. The third kappa shape index (κ3) is 4.15. The standard InChI is InChI=1S/C17H19BrFN/c1-11-5-12(2)7-13(6-11)8-16(20)9-14-3-4-15(19)10-17(14)18/h3-7,10,16H,8-9,20H2,1-2H3. The van der Waals surface area contributed by atoms with E-state index in [0.717, 1.165) is 22.9 Å². The Morgan fingerprint density at radius 3 is 2.30 bits per heavy atom. The number of hydrogen-bond donors (Lipinski definition) is 1. The molecule has 0 aromatic heterocycles. The lowest BCUT2D eigenvalue weighted by molar-refractivity contribution is 0.622. The van der Waals surface area contributed by atoms with Gasteiger partial charge in [0.2, 0.25) is 0 Å². The number of rotatable bonds is 4. The molecule has 0 spiro atoms. The second kappa shape index (κ2) is 6.51. The molecule has 0 amide bonds. The van der Waals surface area contributed by atoms with E-state index in [0.29, 0.717) is 0 Å². The molecule has 106 valence electrons. The summed E-state index contributed by atoms with van der Waals surface area (Å²) in [6.45, 7) is 4.19. The molecule has 0 heterocycles. The van der Waals surface area contributed by atoms with E-state index in [1.807, 2.05) is 0 Å². The minimum atomic E-state index is -0.233. The van der Waals surface area contributed by atoms with Gasteiger partial charge < -0.3 is 5.73 Å². The van der Waals surface area contributed by atoms with Gasteiger partial charge >= 0.3 is 0 Å². The highest BCUT2D eigenvalue weighted by Gasteiger charge is 2.09. The lowest BCUT2D eigenvalue weighted by atomic mass is 9.97. The molecule has 2 aromatic rings. The zero-order valence-electron chi connectivity index (χ0n) is 11.8. The van der Waals surface area contributed by atoms with E-state index in [2.05, 4.69) is 48.0 Å². The van der Waals surface area contributed by atoms with Crippen LogP contribution in [0.2, 0.25) is 0 Å². The Labute approximate surface area is 128 Å². The van der Waals surface area contributed by atoms with Crippen molar-refractivity contribution in [2.75, 3.05) is 0 Å². The summed E-state index contributed by atoms with van der Waals surface area (Å²) in [6.07, 6.45) is 1.56. The first kappa shape index (κ1) is 15.2. The molecule has 0 fully saturated rings. The molecule has 0 saturated heterocycles. The summed E-state index contributed by atoms with van der Waals surface area (Å²) in [5.74, 6) is -0.233. The first-order valence-electron chi connectivity index (χ1n) is 6.70. The first-order chi connectivity index (χ1) is 9.44. The summed E-state index contributed by atoms with van der Waals surface area (Å²) in [5.41, 5.74) is 11.1. The van der Waals surface area contributed by atoms with E-state index in [-0.39, 0.29) is 11.9 Å². The van der Waals surface area contributed by atoms with Gasteiger partial charge in [0.15, 0.2) is 0 Å². The lowest BCUT2D eigenvalue weighted by Gasteiger charge is -2.14. The maximum atomic E-state index is 13.1. The highest BCUT2D eigenvalue weighted by atomic mass is 79.9. The van der Waals surface area contributed by atoms with E-state index in [1.54, 1.807) is 6.07 Å². The van der Waals surface area contributed by atoms with Gasteiger partial charge in [-0.3, -0.25) is 0 Å². The minimum absolute atomic E-state index is 0.0259. The van der Waals surface area contributed by atoms with Crippen LogP contribution < -0.4 is 5.73 Å². The van der Waals surface area contributed by atoms with Gasteiger partial charge in [-0.25, -0.2) is 4.39 Å². The van der Waals surface area contributed by atoms with Crippen LogP contribution in [0.25, 0.3) is 0 Å². The van der Waals surface area contributed by atoms with Crippen LogP contribution in [-0.2, 0) is 12.8 Å². The van der Waals surface area contributed by atoms with Crippen molar-refractivity contribution in [1.29, 1.82) is 0 Å². The number of halogens is 2. The Kier molecular flexibility index (Phi) is 4.95. The van der Waals surface area contributed by atoms with Crippen LogP contribution in [0.15, 0.2) is 40.9 Å². The van der Waals surface area contributed by atoms with Crippen molar-refractivity contribution < 1.29 is 4.39 Å². The second-order valence-corrected chi connectivity index (χ2v) is 6.25. The van der Waals surface area contributed by atoms with Crippen molar-refractivity contribution in [3.05, 3.63) is 68.9 Å². The van der Waals surface area contributed by atoms with E-state index < -0.39 is 0 Å². The van der Waals surface area contributed by atoms with Gasteiger partial charge in [-0.2, -0.15) is 0 Å². The van der Waals surface area contributed by atoms with Crippen LogP contribution in [0.1, 0.15) is 22.3 Å². The predicted molar refractivity (Wildman–Crippen MR) is 85.4 cm³/mol. The van der Waals surface area contributed by atoms with E-state index >= 15 is 0 Å². The summed E-state index contributed by atoms with van der Waals surface area (Å²) in [5, 5.41) is 0. The fraction of sp³-hybridized carbons (Fsp3) is 0.294. The molecule has 1 atom stereocenters. The maximum Gasteiger partial charge on any atom is 0.124 e. The molecule has 2 N–H and O–H groups in total. The maximum absolute atomic E-state index is 13.1. The number of aryl methyl sites for hydroxylation is 2. The Morgan fingerprint density at radius 2 is 1.70 bits per heavy atom. The van der Waals surface area contributed by atoms with Crippen molar-refractivity contribution in [1.82, 2.24) is 0 Å². The van der Waals surface area contributed by atoms with Crippen molar-refractivity contribution >= 4 is 15.9 Å². The van der Waals surface area contributed by atoms with Crippen LogP contribution in [0.5, 0.6) is 0 Å². The smallest absolute Gasteiger partial charge is 0.124 e. The van der Waals surface area contributed by atoms with Crippen molar-refractivity contribution in [3.63, 3.8) is 0 Å². The molecule has 1 nitrogen and oxygen atoms in total. The van der Waals surface area contributed by atoms with E-state index in [4.69, 9.17) is 5.73 Å². The summed E-state index contributed by atoms with van der Waals surface area (Å²) in [4.78, 5) is 0. The molecule has 0 saturated carbocycles. The quantitative estimate of drug-likeness (QED) is 0.884. The number of hydrogen-bond acceptors (Lipinski definition) is 1. The van der Waals surface area contributed by atoms with Crippen LogP contribution in [0.3, 0.4) is 0 Å². The van der Waals surface area contributed by atoms with Gasteiger partial charge in [0.1, 0.15) is 5.82 Å². The Hall–Kier alpha value is -1.19. The molecule has 0 aliphatic heterocycles. The normalized spacial score (nSPS) is 12.4. The van der Waals surface area contributed by atoms with Crippen molar-refractivity contribution in [2.45, 2.75) is 32.7 Å². The van der Waals surface area contributed by atoms with Gasteiger partial charge in [-0.1, -0.05) is 51.3 Å². The Balaban J connectivity index is 2.06. The van der Waals surface area contributed by atoms with Gasteiger partial charge in [0, 0.05) is 10.5 Å². The van der Waals surface area contributed by atoms with Gasteiger partial charge in [0.05, 0.1) is 0 Å². The molecule has 2 rings (SSSR count). The summed E-state index contributed by atoms with van der Waals surface area (Å²) >= 11 is 3.39. The largest absolute Gasteiger partial charge is 0.327 e. The van der Waals surface area contributed by atoms with Crippen molar-refractivity contribution in [3.8, 4) is 0 Å². The highest BCUT2D eigenvalue weighted by Crippen LogP contribution is 2.20. The van der Waals surface area contributed by atoms with Crippen molar-refractivity contribution in [2.24, 2.45) is 5.73 Å². The molecule has 0 bridgehead atoms.